The molecule has 2 fully saturated rings. The van der Waals surface area contributed by atoms with Crippen LogP contribution in [0.1, 0.15) is 49.0 Å². The highest BCUT2D eigenvalue weighted by atomic mass is 79.9. The Balaban J connectivity index is 1.49. The minimum absolute atomic E-state index is 0.0125. The monoisotopic (exact) mass is 420 g/mol. The van der Waals surface area contributed by atoms with Gasteiger partial charge in [0.15, 0.2) is 0 Å². The lowest BCUT2D eigenvalue weighted by Crippen LogP contribution is -2.48. The Bertz CT molecular complexity index is 767. The van der Waals surface area contributed by atoms with Gasteiger partial charge in [-0.25, -0.2) is 0 Å². The molecular weight excluding hydrogens is 396 g/mol. The summed E-state index contributed by atoms with van der Waals surface area (Å²) in [5, 5.41) is 10.2. The first-order valence-electron chi connectivity index (χ1n) is 9.29. The lowest BCUT2D eigenvalue weighted by Gasteiger charge is -2.35. The summed E-state index contributed by atoms with van der Waals surface area (Å²) in [7, 11) is 0. The Kier molecular flexibility index (Phi) is 4.19. The second kappa shape index (κ2) is 6.06. The second-order valence-corrected chi connectivity index (χ2v) is 9.53. The predicted octanol–water partition coefficient (Wildman–Crippen LogP) is 2.56. The van der Waals surface area contributed by atoms with Crippen LogP contribution in [0.5, 0.6) is 0 Å². The standard InChI is InChI=1S/C20H25BrN2O3/c1-19(2,26)13-5-8-22(10-13)17(24)11-23-12-20(6-7-20)16-9-14(21)3-4-15(16)18(23)25/h3-4,9,13,26H,5-8,10-12H2,1-2H3/t13-/m1/s1. The van der Waals surface area contributed by atoms with Gasteiger partial charge in [-0.15, -0.1) is 0 Å². The SMILES string of the molecule is CC(C)(O)[C@@H]1CCN(C(=O)CN2CC3(CC3)c3cc(Br)ccc3C2=O)C1. The normalized spacial score (nSPS) is 24.2. The van der Waals surface area contributed by atoms with E-state index in [0.29, 0.717) is 19.6 Å². The average molecular weight is 421 g/mol. The van der Waals surface area contributed by atoms with Crippen LogP contribution >= 0.6 is 15.9 Å². The van der Waals surface area contributed by atoms with E-state index < -0.39 is 5.60 Å². The Morgan fingerprint density at radius 2 is 2.12 bits per heavy atom. The Morgan fingerprint density at radius 3 is 2.73 bits per heavy atom. The first-order valence-corrected chi connectivity index (χ1v) is 10.1. The molecule has 1 aromatic rings. The number of fused-ring (bicyclic) bond motifs is 2. The molecule has 2 amide bonds. The molecule has 1 spiro atoms. The molecule has 0 aromatic heterocycles. The number of aliphatic hydroxyl groups is 1. The van der Waals surface area contributed by atoms with Crippen LogP contribution in [0.15, 0.2) is 22.7 Å². The first-order chi connectivity index (χ1) is 12.2. The highest BCUT2D eigenvalue weighted by Crippen LogP contribution is 2.52. The van der Waals surface area contributed by atoms with E-state index in [9.17, 15) is 14.7 Å². The van der Waals surface area contributed by atoms with Gasteiger partial charge in [-0.1, -0.05) is 15.9 Å². The fraction of sp³-hybridized carbons (Fsp3) is 0.600. The number of benzene rings is 1. The molecule has 1 N–H and O–H groups in total. The van der Waals surface area contributed by atoms with Crippen molar-refractivity contribution in [1.29, 1.82) is 0 Å². The topological polar surface area (TPSA) is 60.9 Å². The summed E-state index contributed by atoms with van der Waals surface area (Å²) in [5.41, 5.74) is 1.12. The molecule has 6 heteroatoms. The molecule has 4 rings (SSSR count). The minimum Gasteiger partial charge on any atom is -0.390 e. The van der Waals surface area contributed by atoms with Gasteiger partial charge in [-0.2, -0.15) is 0 Å². The summed E-state index contributed by atoms with van der Waals surface area (Å²) in [6.07, 6.45) is 2.95. The maximum Gasteiger partial charge on any atom is 0.254 e. The van der Waals surface area contributed by atoms with Crippen molar-refractivity contribution in [2.75, 3.05) is 26.2 Å². The highest BCUT2D eigenvalue weighted by Gasteiger charge is 2.51. The molecule has 1 aromatic carbocycles. The summed E-state index contributed by atoms with van der Waals surface area (Å²) in [4.78, 5) is 29.2. The largest absolute Gasteiger partial charge is 0.390 e. The fourth-order valence-electron chi connectivity index (χ4n) is 4.37. The van der Waals surface area contributed by atoms with E-state index in [0.717, 1.165) is 34.9 Å². The van der Waals surface area contributed by atoms with Crippen LogP contribution < -0.4 is 0 Å². The van der Waals surface area contributed by atoms with Crippen LogP contribution in [-0.4, -0.2) is 58.5 Å². The average Bonchev–Trinajstić information content (AvgIpc) is 3.14. The van der Waals surface area contributed by atoms with Crippen molar-refractivity contribution in [3.63, 3.8) is 0 Å². The number of hydrogen-bond acceptors (Lipinski definition) is 3. The van der Waals surface area contributed by atoms with E-state index in [4.69, 9.17) is 0 Å². The number of hydrogen-bond donors (Lipinski definition) is 1. The van der Waals surface area contributed by atoms with Crippen LogP contribution in [0.2, 0.25) is 0 Å². The van der Waals surface area contributed by atoms with Gasteiger partial charge in [0.05, 0.1) is 5.60 Å². The number of rotatable bonds is 3. The molecular formula is C20H25BrN2O3. The van der Waals surface area contributed by atoms with Crippen LogP contribution in [0.4, 0.5) is 0 Å². The van der Waals surface area contributed by atoms with Gasteiger partial charge < -0.3 is 14.9 Å². The Hall–Kier alpha value is -1.40. The summed E-state index contributed by atoms with van der Waals surface area (Å²) in [6.45, 7) is 5.58. The van der Waals surface area contributed by atoms with Gasteiger partial charge in [0.2, 0.25) is 5.91 Å². The van der Waals surface area contributed by atoms with E-state index >= 15 is 0 Å². The van der Waals surface area contributed by atoms with Gasteiger partial charge in [0, 0.05) is 41.0 Å². The van der Waals surface area contributed by atoms with Crippen molar-refractivity contribution in [2.24, 2.45) is 5.92 Å². The van der Waals surface area contributed by atoms with Gasteiger partial charge in [0.1, 0.15) is 6.54 Å². The lowest BCUT2D eigenvalue weighted by atomic mass is 9.86. The summed E-state index contributed by atoms with van der Waals surface area (Å²) >= 11 is 3.51. The molecule has 0 radical (unpaired) electrons. The van der Waals surface area contributed by atoms with Crippen molar-refractivity contribution < 1.29 is 14.7 Å². The molecule has 1 saturated carbocycles. The van der Waals surface area contributed by atoms with Gasteiger partial charge in [-0.05, 0) is 56.9 Å². The Morgan fingerprint density at radius 1 is 1.38 bits per heavy atom. The van der Waals surface area contributed by atoms with E-state index in [1.807, 2.05) is 12.1 Å². The molecule has 26 heavy (non-hydrogen) atoms. The zero-order chi connectivity index (χ0) is 18.7. The third kappa shape index (κ3) is 3.07. The first kappa shape index (κ1) is 18.0. The van der Waals surface area contributed by atoms with Crippen LogP contribution in [0, 0.1) is 5.92 Å². The predicted molar refractivity (Wildman–Crippen MR) is 102 cm³/mol. The molecule has 0 bridgehead atoms. The smallest absolute Gasteiger partial charge is 0.254 e. The van der Waals surface area contributed by atoms with Crippen LogP contribution in [0.3, 0.4) is 0 Å². The van der Waals surface area contributed by atoms with Crippen molar-refractivity contribution in [2.45, 2.75) is 44.1 Å². The molecule has 5 nitrogen and oxygen atoms in total. The summed E-state index contributed by atoms with van der Waals surface area (Å²) in [5.74, 6) is 0.0365. The summed E-state index contributed by atoms with van der Waals surface area (Å²) < 4.78 is 0.995. The number of carbonyl (C=O) groups is 2. The van der Waals surface area contributed by atoms with Gasteiger partial charge in [0.25, 0.3) is 5.91 Å². The molecule has 3 aliphatic rings. The molecule has 2 aliphatic heterocycles. The quantitative estimate of drug-likeness (QED) is 0.816. The van der Waals surface area contributed by atoms with Crippen LogP contribution in [-0.2, 0) is 10.2 Å². The van der Waals surface area contributed by atoms with Gasteiger partial charge in [-0.3, -0.25) is 9.59 Å². The van der Waals surface area contributed by atoms with Crippen molar-refractivity contribution in [1.82, 2.24) is 9.80 Å². The lowest BCUT2D eigenvalue weighted by molar-refractivity contribution is -0.131. The molecule has 0 unspecified atom stereocenters. The molecule has 140 valence electrons. The van der Waals surface area contributed by atoms with E-state index in [1.165, 1.54) is 0 Å². The van der Waals surface area contributed by atoms with Gasteiger partial charge >= 0.3 is 0 Å². The number of nitrogens with zero attached hydrogens (tertiary/aromatic N) is 2. The fourth-order valence-corrected chi connectivity index (χ4v) is 4.73. The third-order valence-corrected chi connectivity index (χ3v) is 6.78. The molecule has 1 atom stereocenters. The molecule has 1 aliphatic carbocycles. The van der Waals surface area contributed by atoms with E-state index in [-0.39, 0.29) is 29.7 Å². The molecule has 1 saturated heterocycles. The molecule has 2 heterocycles. The minimum atomic E-state index is -0.777. The van der Waals surface area contributed by atoms with Crippen LogP contribution in [0.25, 0.3) is 0 Å². The van der Waals surface area contributed by atoms with E-state index in [1.54, 1.807) is 23.6 Å². The number of likely N-dealkylation sites (tertiary alicyclic amines) is 1. The second-order valence-electron chi connectivity index (χ2n) is 8.61. The summed E-state index contributed by atoms with van der Waals surface area (Å²) in [6, 6.07) is 5.83. The number of halogens is 1. The maximum atomic E-state index is 12.9. The van der Waals surface area contributed by atoms with E-state index in [2.05, 4.69) is 22.0 Å². The Labute approximate surface area is 162 Å². The van der Waals surface area contributed by atoms with Crippen molar-refractivity contribution >= 4 is 27.7 Å². The number of amides is 2. The maximum absolute atomic E-state index is 12.9. The third-order valence-electron chi connectivity index (χ3n) is 6.28. The zero-order valence-corrected chi connectivity index (χ0v) is 16.9. The highest BCUT2D eigenvalue weighted by molar-refractivity contribution is 9.10. The zero-order valence-electron chi connectivity index (χ0n) is 15.3. The number of carbonyl (C=O) groups excluding carboxylic acids is 2. The van der Waals surface area contributed by atoms with Crippen molar-refractivity contribution in [3.05, 3.63) is 33.8 Å². The van der Waals surface area contributed by atoms with Crippen molar-refractivity contribution in [3.8, 4) is 0 Å².